The van der Waals surface area contributed by atoms with Crippen LogP contribution in [0.2, 0.25) is 0 Å². The van der Waals surface area contributed by atoms with Crippen LogP contribution in [0.3, 0.4) is 0 Å². The molecule has 0 bridgehead atoms. The molecule has 3 heteroatoms. The van der Waals surface area contributed by atoms with Crippen molar-refractivity contribution in [2.45, 2.75) is 64.2 Å². The Kier molecular flexibility index (Phi) is 15.0. The van der Waals surface area contributed by atoms with Crippen molar-refractivity contribution in [2.75, 3.05) is 13.2 Å². The van der Waals surface area contributed by atoms with E-state index in [0.717, 1.165) is 24.7 Å². The maximum atomic E-state index is 8.74. The highest BCUT2D eigenvalue weighted by molar-refractivity contribution is 4.72. The Balaban J connectivity index is 0.000000690. The van der Waals surface area contributed by atoms with E-state index in [4.69, 9.17) is 10.2 Å². The molecule has 1 rings (SSSR count). The van der Waals surface area contributed by atoms with Gasteiger partial charge in [0, 0.05) is 13.2 Å². The van der Waals surface area contributed by atoms with Gasteiger partial charge in [0.15, 0.2) is 0 Å². The Hall–Kier alpha value is -0.800. The SMILES string of the molecule is C=COC=C.OCCCCC1CCC(CCCCO)CC1. The number of aliphatic hydroxyl groups is 2. The quantitative estimate of drug-likeness (QED) is 0.464. The van der Waals surface area contributed by atoms with E-state index in [1.165, 1.54) is 63.9 Å². The van der Waals surface area contributed by atoms with E-state index >= 15 is 0 Å². The summed E-state index contributed by atoms with van der Waals surface area (Å²) in [6.07, 6.45) is 15.2. The van der Waals surface area contributed by atoms with Crippen LogP contribution in [0.1, 0.15) is 64.2 Å². The first-order valence-electron chi connectivity index (χ1n) is 8.37. The second kappa shape index (κ2) is 15.6. The molecule has 124 valence electrons. The molecule has 0 saturated heterocycles. The first-order valence-corrected chi connectivity index (χ1v) is 8.37. The van der Waals surface area contributed by atoms with Crippen LogP contribution >= 0.6 is 0 Å². The zero-order valence-corrected chi connectivity index (χ0v) is 13.5. The van der Waals surface area contributed by atoms with Gasteiger partial charge >= 0.3 is 0 Å². The van der Waals surface area contributed by atoms with Gasteiger partial charge in [0.1, 0.15) is 0 Å². The molecule has 3 nitrogen and oxygen atoms in total. The fraction of sp³-hybridized carbons (Fsp3) is 0.778. The second-order valence-corrected chi connectivity index (χ2v) is 5.79. The predicted octanol–water partition coefficient (Wildman–Crippen LogP) is 4.41. The van der Waals surface area contributed by atoms with Crippen LogP contribution in [0, 0.1) is 11.8 Å². The number of aliphatic hydroxyl groups excluding tert-OH is 2. The summed E-state index contributed by atoms with van der Waals surface area (Å²) in [5.41, 5.74) is 0. The van der Waals surface area contributed by atoms with E-state index in [1.54, 1.807) is 0 Å². The van der Waals surface area contributed by atoms with Gasteiger partial charge in [0.05, 0.1) is 12.5 Å². The van der Waals surface area contributed by atoms with Crippen molar-refractivity contribution in [3.63, 3.8) is 0 Å². The highest BCUT2D eigenvalue weighted by atomic mass is 16.5. The van der Waals surface area contributed by atoms with Gasteiger partial charge in [-0.15, -0.1) is 0 Å². The van der Waals surface area contributed by atoms with Crippen molar-refractivity contribution in [3.8, 4) is 0 Å². The molecule has 0 unspecified atom stereocenters. The summed E-state index contributed by atoms with van der Waals surface area (Å²) >= 11 is 0. The summed E-state index contributed by atoms with van der Waals surface area (Å²) in [7, 11) is 0. The maximum absolute atomic E-state index is 8.74. The minimum Gasteiger partial charge on any atom is -0.474 e. The molecule has 1 aliphatic carbocycles. The van der Waals surface area contributed by atoms with Crippen LogP contribution in [0.5, 0.6) is 0 Å². The van der Waals surface area contributed by atoms with Crippen LogP contribution in [0.25, 0.3) is 0 Å². The van der Waals surface area contributed by atoms with E-state index in [9.17, 15) is 0 Å². The molecule has 0 radical (unpaired) electrons. The zero-order valence-electron chi connectivity index (χ0n) is 13.5. The third-order valence-electron chi connectivity index (χ3n) is 4.20. The molecule has 0 aromatic carbocycles. The molecule has 1 fully saturated rings. The Morgan fingerprint density at radius 3 is 1.38 bits per heavy atom. The Morgan fingerprint density at radius 2 is 1.14 bits per heavy atom. The van der Waals surface area contributed by atoms with Crippen molar-refractivity contribution in [1.82, 2.24) is 0 Å². The lowest BCUT2D eigenvalue weighted by Gasteiger charge is -2.28. The molecule has 0 aromatic rings. The Morgan fingerprint density at radius 1 is 0.762 bits per heavy atom. The molecule has 1 aliphatic rings. The first kappa shape index (κ1) is 20.2. The minimum atomic E-state index is 0.358. The largest absolute Gasteiger partial charge is 0.474 e. The number of hydrogen-bond acceptors (Lipinski definition) is 3. The van der Waals surface area contributed by atoms with E-state index in [-0.39, 0.29) is 0 Å². The molecule has 0 aliphatic heterocycles. The van der Waals surface area contributed by atoms with E-state index in [2.05, 4.69) is 17.9 Å². The fourth-order valence-electron chi connectivity index (χ4n) is 2.97. The second-order valence-electron chi connectivity index (χ2n) is 5.79. The summed E-state index contributed by atoms with van der Waals surface area (Å²) < 4.78 is 4.36. The number of hydrogen-bond donors (Lipinski definition) is 2. The Labute approximate surface area is 130 Å². The van der Waals surface area contributed by atoms with Crippen molar-refractivity contribution in [1.29, 1.82) is 0 Å². The summed E-state index contributed by atoms with van der Waals surface area (Å²) in [5, 5.41) is 17.5. The van der Waals surface area contributed by atoms with Crippen molar-refractivity contribution < 1.29 is 14.9 Å². The van der Waals surface area contributed by atoms with Crippen LogP contribution in [-0.4, -0.2) is 23.4 Å². The Bertz CT molecular complexity index is 209. The lowest BCUT2D eigenvalue weighted by atomic mass is 9.78. The molecular weight excluding hydrogens is 264 g/mol. The molecule has 0 heterocycles. The summed E-state index contributed by atoms with van der Waals surface area (Å²) in [6, 6.07) is 0. The third kappa shape index (κ3) is 12.6. The lowest BCUT2D eigenvalue weighted by Crippen LogP contribution is -2.14. The van der Waals surface area contributed by atoms with Crippen LogP contribution < -0.4 is 0 Å². The van der Waals surface area contributed by atoms with Crippen LogP contribution in [0.4, 0.5) is 0 Å². The maximum Gasteiger partial charge on any atom is 0.0829 e. The highest BCUT2D eigenvalue weighted by Crippen LogP contribution is 2.34. The minimum absolute atomic E-state index is 0.358. The highest BCUT2D eigenvalue weighted by Gasteiger charge is 2.20. The number of unbranched alkanes of at least 4 members (excludes halogenated alkanes) is 2. The van der Waals surface area contributed by atoms with Gasteiger partial charge in [0.25, 0.3) is 0 Å². The molecular formula is C18H34O3. The molecule has 0 atom stereocenters. The average molecular weight is 298 g/mol. The summed E-state index contributed by atoms with van der Waals surface area (Å²) in [6.45, 7) is 7.23. The zero-order chi connectivity index (χ0) is 15.8. The van der Waals surface area contributed by atoms with Crippen molar-refractivity contribution in [2.24, 2.45) is 11.8 Å². The smallest absolute Gasteiger partial charge is 0.0829 e. The lowest BCUT2D eigenvalue weighted by molar-refractivity contribution is 0.226. The monoisotopic (exact) mass is 298 g/mol. The van der Waals surface area contributed by atoms with Crippen molar-refractivity contribution >= 4 is 0 Å². The van der Waals surface area contributed by atoms with Crippen molar-refractivity contribution in [3.05, 3.63) is 25.7 Å². The molecule has 2 N–H and O–H groups in total. The van der Waals surface area contributed by atoms with E-state index < -0.39 is 0 Å². The molecule has 0 aromatic heterocycles. The number of rotatable bonds is 10. The van der Waals surface area contributed by atoms with Gasteiger partial charge in [-0.1, -0.05) is 64.5 Å². The fourth-order valence-corrected chi connectivity index (χ4v) is 2.97. The predicted molar refractivity (Wildman–Crippen MR) is 88.8 cm³/mol. The van der Waals surface area contributed by atoms with Gasteiger partial charge in [-0.05, 0) is 24.7 Å². The van der Waals surface area contributed by atoms with Gasteiger partial charge < -0.3 is 14.9 Å². The molecule has 0 spiro atoms. The third-order valence-corrected chi connectivity index (χ3v) is 4.20. The number of ether oxygens (including phenoxy) is 1. The van der Waals surface area contributed by atoms with Crippen LogP contribution in [0.15, 0.2) is 25.7 Å². The normalized spacial score (nSPS) is 21.0. The summed E-state index contributed by atoms with van der Waals surface area (Å²) in [5.74, 6) is 1.86. The molecule has 1 saturated carbocycles. The van der Waals surface area contributed by atoms with E-state index in [1.807, 2.05) is 0 Å². The average Bonchev–Trinajstić information content (AvgIpc) is 2.51. The molecule has 21 heavy (non-hydrogen) atoms. The van der Waals surface area contributed by atoms with Gasteiger partial charge in [-0.2, -0.15) is 0 Å². The van der Waals surface area contributed by atoms with E-state index in [0.29, 0.717) is 13.2 Å². The van der Waals surface area contributed by atoms with Gasteiger partial charge in [-0.3, -0.25) is 0 Å². The summed E-state index contributed by atoms with van der Waals surface area (Å²) in [4.78, 5) is 0. The topological polar surface area (TPSA) is 49.7 Å². The van der Waals surface area contributed by atoms with Gasteiger partial charge in [0.2, 0.25) is 0 Å². The van der Waals surface area contributed by atoms with Crippen LogP contribution in [-0.2, 0) is 4.74 Å². The van der Waals surface area contributed by atoms with Gasteiger partial charge in [-0.25, -0.2) is 0 Å². The first-order chi connectivity index (χ1) is 10.3. The standard InChI is InChI=1S/C14H28O2.C4H6O/c15-11-3-1-5-13-7-9-14(10-8-13)6-2-4-12-16;1-3-5-4-2/h13-16H,1-12H2;3-4H,1-2H2. The molecule has 0 amide bonds.